The summed E-state index contributed by atoms with van der Waals surface area (Å²) in [4.78, 5) is 35.9. The summed E-state index contributed by atoms with van der Waals surface area (Å²) < 4.78 is 0.534. The monoisotopic (exact) mass is 374 g/mol. The van der Waals surface area contributed by atoms with Crippen molar-refractivity contribution >= 4 is 48.5 Å². The first-order valence-electron chi connectivity index (χ1n) is 4.61. The van der Waals surface area contributed by atoms with Crippen molar-refractivity contribution in [2.24, 2.45) is 0 Å². The third-order valence-electron chi connectivity index (χ3n) is 2.27. The van der Waals surface area contributed by atoms with Gasteiger partial charge in [-0.1, -0.05) is 0 Å². The summed E-state index contributed by atoms with van der Waals surface area (Å²) in [5, 5.41) is 10.9. The molecule has 0 saturated carbocycles. The van der Waals surface area contributed by atoms with Gasteiger partial charge in [0.2, 0.25) is 5.56 Å². The molecule has 0 saturated heterocycles. The number of hydrogen-bond acceptors (Lipinski definition) is 4. The Labute approximate surface area is 116 Å². The fourth-order valence-electron chi connectivity index (χ4n) is 1.54. The maximum atomic E-state index is 11.8. The molecule has 1 heterocycles. The standard InChI is InChI=1S/C10H4Br2N2O4/c11-4-3-5-8(10(9(4)12)14(17)18)6(15)1-2-7(16)13-5/h1-3H,(H,13,16). The minimum absolute atomic E-state index is 0.108. The first kappa shape index (κ1) is 12.9. The molecular weight excluding hydrogens is 372 g/mol. The van der Waals surface area contributed by atoms with Crippen molar-refractivity contribution < 1.29 is 4.92 Å². The van der Waals surface area contributed by atoms with Crippen LogP contribution in [0, 0.1) is 10.1 Å². The van der Waals surface area contributed by atoms with Crippen LogP contribution in [0.2, 0.25) is 0 Å². The average molecular weight is 376 g/mol. The second-order valence-electron chi connectivity index (χ2n) is 3.39. The molecule has 2 rings (SSSR count). The third kappa shape index (κ3) is 2.08. The molecule has 2 aromatic rings. The van der Waals surface area contributed by atoms with E-state index < -0.39 is 15.9 Å². The molecule has 1 N–H and O–H groups in total. The third-order valence-corrected chi connectivity index (χ3v) is 4.23. The molecule has 0 bridgehead atoms. The molecule has 0 amide bonds. The van der Waals surface area contributed by atoms with E-state index in [2.05, 4.69) is 36.8 Å². The zero-order chi connectivity index (χ0) is 13.4. The van der Waals surface area contributed by atoms with Gasteiger partial charge < -0.3 is 4.98 Å². The fraction of sp³-hybridized carbons (Fsp3) is 0. The molecule has 0 fully saturated rings. The Hall–Kier alpha value is -1.54. The molecule has 92 valence electrons. The van der Waals surface area contributed by atoms with Crippen LogP contribution in [0.25, 0.3) is 10.9 Å². The Kier molecular flexibility index (Phi) is 3.31. The molecular formula is C10H4Br2N2O4. The van der Waals surface area contributed by atoms with Crippen molar-refractivity contribution in [3.63, 3.8) is 0 Å². The Morgan fingerprint density at radius 3 is 2.50 bits per heavy atom. The first-order valence-corrected chi connectivity index (χ1v) is 6.20. The molecule has 6 nitrogen and oxygen atoms in total. The van der Waals surface area contributed by atoms with Crippen molar-refractivity contribution in [3.8, 4) is 0 Å². The molecule has 8 heteroatoms. The fourth-order valence-corrected chi connectivity index (χ4v) is 2.42. The number of aromatic amines is 1. The lowest BCUT2D eigenvalue weighted by Gasteiger charge is -2.01. The van der Waals surface area contributed by atoms with Crippen LogP contribution in [0.1, 0.15) is 0 Å². The topological polar surface area (TPSA) is 93.1 Å². The highest BCUT2D eigenvalue weighted by Gasteiger charge is 2.22. The highest BCUT2D eigenvalue weighted by molar-refractivity contribution is 9.13. The number of rotatable bonds is 1. The quantitative estimate of drug-likeness (QED) is 0.611. The molecule has 0 aliphatic rings. The van der Waals surface area contributed by atoms with Crippen molar-refractivity contribution in [1.29, 1.82) is 0 Å². The zero-order valence-electron chi connectivity index (χ0n) is 8.57. The maximum absolute atomic E-state index is 11.8. The van der Waals surface area contributed by atoms with Crippen LogP contribution in [-0.4, -0.2) is 9.91 Å². The molecule has 1 aromatic carbocycles. The van der Waals surface area contributed by atoms with E-state index in [0.29, 0.717) is 4.47 Å². The van der Waals surface area contributed by atoms with Crippen molar-refractivity contribution in [2.45, 2.75) is 0 Å². The van der Waals surface area contributed by atoms with E-state index in [4.69, 9.17) is 0 Å². The van der Waals surface area contributed by atoms with Crippen LogP contribution in [-0.2, 0) is 0 Å². The Balaban J connectivity index is 3.21. The number of hydrogen-bond donors (Lipinski definition) is 1. The summed E-state index contributed by atoms with van der Waals surface area (Å²) in [5.74, 6) is 0. The van der Waals surface area contributed by atoms with Crippen LogP contribution in [0.4, 0.5) is 5.69 Å². The predicted octanol–water partition coefficient (Wildman–Crippen LogP) is 2.32. The van der Waals surface area contributed by atoms with Crippen LogP contribution in [0.5, 0.6) is 0 Å². The van der Waals surface area contributed by atoms with Crippen LogP contribution < -0.4 is 11.0 Å². The van der Waals surface area contributed by atoms with E-state index in [1.807, 2.05) is 0 Å². The van der Waals surface area contributed by atoms with Crippen molar-refractivity contribution in [3.05, 3.63) is 57.8 Å². The van der Waals surface area contributed by atoms with E-state index in [1.54, 1.807) is 0 Å². The van der Waals surface area contributed by atoms with E-state index in [9.17, 15) is 19.7 Å². The number of nitrogens with one attached hydrogen (secondary N) is 1. The highest BCUT2D eigenvalue weighted by Crippen LogP contribution is 2.36. The summed E-state index contributed by atoms with van der Waals surface area (Å²) in [7, 11) is 0. The normalized spacial score (nSPS) is 10.6. The van der Waals surface area contributed by atoms with Gasteiger partial charge in [-0.3, -0.25) is 19.7 Å². The molecule has 0 spiro atoms. The predicted molar refractivity (Wildman–Crippen MR) is 72.9 cm³/mol. The van der Waals surface area contributed by atoms with Crippen molar-refractivity contribution in [2.75, 3.05) is 0 Å². The van der Waals surface area contributed by atoms with Crippen LogP contribution in [0.3, 0.4) is 0 Å². The lowest BCUT2D eigenvalue weighted by atomic mass is 10.2. The van der Waals surface area contributed by atoms with E-state index in [0.717, 1.165) is 12.1 Å². The molecule has 1 aromatic heterocycles. The minimum atomic E-state index is -0.670. The Morgan fingerprint density at radius 1 is 1.22 bits per heavy atom. The summed E-state index contributed by atoms with van der Waals surface area (Å²) >= 11 is 6.17. The highest BCUT2D eigenvalue weighted by atomic mass is 79.9. The lowest BCUT2D eigenvalue weighted by molar-refractivity contribution is -0.384. The number of nitrogens with zero attached hydrogens (tertiary/aromatic N) is 1. The maximum Gasteiger partial charge on any atom is 0.297 e. The van der Waals surface area contributed by atoms with Gasteiger partial charge in [-0.2, -0.15) is 0 Å². The van der Waals surface area contributed by atoms with Gasteiger partial charge in [0, 0.05) is 10.5 Å². The van der Waals surface area contributed by atoms with Crippen LogP contribution >= 0.6 is 31.9 Å². The second-order valence-corrected chi connectivity index (χ2v) is 5.03. The largest absolute Gasteiger partial charge is 0.322 e. The average Bonchev–Trinajstić information content (AvgIpc) is 2.41. The van der Waals surface area contributed by atoms with Gasteiger partial charge in [-0.25, -0.2) is 0 Å². The number of halogens is 2. The first-order chi connectivity index (χ1) is 8.41. The Morgan fingerprint density at radius 2 is 1.89 bits per heavy atom. The van der Waals surface area contributed by atoms with Gasteiger partial charge in [-0.15, -0.1) is 0 Å². The molecule has 0 atom stereocenters. The number of fused-ring (bicyclic) bond motifs is 1. The van der Waals surface area contributed by atoms with Gasteiger partial charge >= 0.3 is 0 Å². The summed E-state index contributed by atoms with van der Waals surface area (Å²) in [6, 6.07) is 3.48. The van der Waals surface area contributed by atoms with Gasteiger partial charge in [0.05, 0.1) is 10.4 Å². The SMILES string of the molecule is O=c1ccc(=O)c2c([N+](=O)[O-])c(Br)c(Br)cc2[nH]1. The number of H-pyrrole nitrogens is 1. The molecule has 0 radical (unpaired) electrons. The summed E-state index contributed by atoms with van der Waals surface area (Å²) in [6.45, 7) is 0. The smallest absolute Gasteiger partial charge is 0.297 e. The molecule has 0 unspecified atom stereocenters. The summed E-state index contributed by atoms with van der Waals surface area (Å²) in [5.41, 5.74) is -1.37. The summed E-state index contributed by atoms with van der Waals surface area (Å²) in [6.07, 6.45) is 0. The minimum Gasteiger partial charge on any atom is -0.322 e. The molecule has 0 aliphatic carbocycles. The van der Waals surface area contributed by atoms with Gasteiger partial charge in [0.1, 0.15) is 9.86 Å². The number of benzene rings is 1. The molecule has 18 heavy (non-hydrogen) atoms. The van der Waals surface area contributed by atoms with Crippen molar-refractivity contribution in [1.82, 2.24) is 4.98 Å². The van der Waals surface area contributed by atoms with Gasteiger partial charge in [-0.05, 0) is 44.0 Å². The van der Waals surface area contributed by atoms with Gasteiger partial charge in [0.15, 0.2) is 5.43 Å². The Bertz CT molecular complexity index is 785. The lowest BCUT2D eigenvalue weighted by Crippen LogP contribution is -2.02. The molecule has 0 aliphatic heterocycles. The van der Waals surface area contributed by atoms with E-state index in [-0.39, 0.29) is 21.1 Å². The number of nitro groups is 1. The number of aromatic nitrogens is 1. The van der Waals surface area contributed by atoms with E-state index in [1.165, 1.54) is 6.07 Å². The van der Waals surface area contributed by atoms with Gasteiger partial charge in [0.25, 0.3) is 5.69 Å². The van der Waals surface area contributed by atoms with Crippen LogP contribution in [0.15, 0.2) is 36.7 Å². The second kappa shape index (κ2) is 4.62. The zero-order valence-corrected chi connectivity index (χ0v) is 11.7. The number of nitro benzene ring substituents is 1. The van der Waals surface area contributed by atoms with E-state index >= 15 is 0 Å².